The number of amides is 1. The number of pyridine rings is 1. The summed E-state index contributed by atoms with van der Waals surface area (Å²) in [5, 5.41) is 9.36. The highest BCUT2D eigenvalue weighted by atomic mass is 16.6. The fourth-order valence-corrected chi connectivity index (χ4v) is 3.10. The third kappa shape index (κ3) is 8.88. The Labute approximate surface area is 180 Å². The molecular formula is C22H37N5O3. The molecule has 0 aliphatic heterocycles. The maximum Gasteiger partial charge on any atom is 0.408 e. The van der Waals surface area contributed by atoms with Gasteiger partial charge in [-0.05, 0) is 65.9 Å². The third-order valence-electron chi connectivity index (χ3n) is 4.61. The smallest absolute Gasteiger partial charge is 0.408 e. The number of ether oxygens (including phenoxy) is 2. The SMILES string of the molecule is CN=C(NCc1ccc(OC2CCCC2)nc1)NCC(C)(C)NC(=O)OC(C)(C)C. The summed E-state index contributed by atoms with van der Waals surface area (Å²) >= 11 is 0. The Bertz CT molecular complexity index is 704. The van der Waals surface area contributed by atoms with Gasteiger partial charge in [-0.3, -0.25) is 4.99 Å². The Balaban J connectivity index is 1.76. The Kier molecular flexibility index (Phi) is 8.32. The van der Waals surface area contributed by atoms with Crippen molar-refractivity contribution in [1.29, 1.82) is 0 Å². The Morgan fingerprint density at radius 3 is 2.43 bits per heavy atom. The average Bonchev–Trinajstić information content (AvgIpc) is 3.14. The van der Waals surface area contributed by atoms with Gasteiger partial charge in [0.1, 0.15) is 11.7 Å². The normalized spacial score (nSPS) is 15.6. The Hall–Kier alpha value is -2.51. The van der Waals surface area contributed by atoms with E-state index in [0.29, 0.717) is 31.0 Å². The van der Waals surface area contributed by atoms with E-state index in [2.05, 4.69) is 25.9 Å². The average molecular weight is 420 g/mol. The van der Waals surface area contributed by atoms with Crippen molar-refractivity contribution in [3.63, 3.8) is 0 Å². The molecule has 1 heterocycles. The molecular weight excluding hydrogens is 382 g/mol. The molecule has 3 N–H and O–H groups in total. The molecule has 8 heteroatoms. The molecule has 0 radical (unpaired) electrons. The minimum absolute atomic E-state index is 0.308. The van der Waals surface area contributed by atoms with Crippen molar-refractivity contribution in [1.82, 2.24) is 20.9 Å². The molecule has 8 nitrogen and oxygen atoms in total. The van der Waals surface area contributed by atoms with Gasteiger partial charge in [-0.25, -0.2) is 9.78 Å². The lowest BCUT2D eigenvalue weighted by atomic mass is 10.1. The van der Waals surface area contributed by atoms with Crippen molar-refractivity contribution >= 4 is 12.1 Å². The van der Waals surface area contributed by atoms with Gasteiger partial charge in [-0.1, -0.05) is 6.07 Å². The number of hydrogen-bond donors (Lipinski definition) is 3. The second-order valence-corrected chi connectivity index (χ2v) is 9.32. The van der Waals surface area contributed by atoms with Crippen LogP contribution in [0.2, 0.25) is 0 Å². The van der Waals surface area contributed by atoms with E-state index in [1.807, 2.05) is 52.9 Å². The van der Waals surface area contributed by atoms with E-state index in [1.165, 1.54) is 12.8 Å². The summed E-state index contributed by atoms with van der Waals surface area (Å²) in [5.74, 6) is 1.32. The first-order valence-corrected chi connectivity index (χ1v) is 10.6. The van der Waals surface area contributed by atoms with E-state index in [-0.39, 0.29) is 0 Å². The van der Waals surface area contributed by atoms with Gasteiger partial charge in [-0.2, -0.15) is 0 Å². The summed E-state index contributed by atoms with van der Waals surface area (Å²) in [7, 11) is 1.71. The van der Waals surface area contributed by atoms with Crippen LogP contribution >= 0.6 is 0 Å². The molecule has 1 aliphatic rings. The highest BCUT2D eigenvalue weighted by Crippen LogP contribution is 2.22. The summed E-state index contributed by atoms with van der Waals surface area (Å²) in [6.45, 7) is 10.4. The van der Waals surface area contributed by atoms with Crippen LogP contribution in [-0.2, 0) is 11.3 Å². The maximum atomic E-state index is 12.0. The fraction of sp³-hybridized carbons (Fsp3) is 0.682. The number of carbonyl (C=O) groups is 1. The lowest BCUT2D eigenvalue weighted by Crippen LogP contribution is -2.54. The van der Waals surface area contributed by atoms with Crippen molar-refractivity contribution in [2.24, 2.45) is 4.99 Å². The maximum absolute atomic E-state index is 12.0. The van der Waals surface area contributed by atoms with E-state index in [4.69, 9.17) is 9.47 Å². The molecule has 1 amide bonds. The van der Waals surface area contributed by atoms with Gasteiger partial charge in [0.05, 0.1) is 5.54 Å². The first kappa shape index (κ1) is 23.8. The van der Waals surface area contributed by atoms with Crippen LogP contribution in [0.4, 0.5) is 4.79 Å². The number of nitrogens with one attached hydrogen (secondary N) is 3. The second-order valence-electron chi connectivity index (χ2n) is 9.32. The van der Waals surface area contributed by atoms with Crippen LogP contribution in [0.1, 0.15) is 65.9 Å². The molecule has 1 aromatic heterocycles. The summed E-state index contributed by atoms with van der Waals surface area (Å²) < 4.78 is 11.2. The number of guanidine groups is 1. The van der Waals surface area contributed by atoms with Crippen LogP contribution in [0.15, 0.2) is 23.3 Å². The molecule has 0 aromatic carbocycles. The monoisotopic (exact) mass is 419 g/mol. The quantitative estimate of drug-likeness (QED) is 0.463. The molecule has 1 saturated carbocycles. The van der Waals surface area contributed by atoms with E-state index >= 15 is 0 Å². The molecule has 0 bridgehead atoms. The van der Waals surface area contributed by atoms with Crippen LogP contribution in [0.3, 0.4) is 0 Å². The minimum Gasteiger partial charge on any atom is -0.474 e. The molecule has 1 aromatic rings. The summed E-state index contributed by atoms with van der Waals surface area (Å²) in [6.07, 6.45) is 6.40. The van der Waals surface area contributed by atoms with Crippen molar-refractivity contribution < 1.29 is 14.3 Å². The molecule has 168 valence electrons. The van der Waals surface area contributed by atoms with Gasteiger partial charge >= 0.3 is 6.09 Å². The number of nitrogens with zero attached hydrogens (tertiary/aromatic N) is 2. The van der Waals surface area contributed by atoms with E-state index < -0.39 is 17.2 Å². The molecule has 1 fully saturated rings. The van der Waals surface area contributed by atoms with Crippen LogP contribution in [-0.4, -0.2) is 47.9 Å². The predicted molar refractivity (Wildman–Crippen MR) is 119 cm³/mol. The summed E-state index contributed by atoms with van der Waals surface area (Å²) in [5.41, 5.74) is -0.0136. The number of aliphatic imine (C=N–C) groups is 1. The van der Waals surface area contributed by atoms with Crippen LogP contribution in [0.25, 0.3) is 0 Å². The van der Waals surface area contributed by atoms with Gasteiger partial charge < -0.3 is 25.4 Å². The molecule has 2 rings (SSSR count). The standard InChI is InChI=1S/C22H37N5O3/c1-21(2,3)30-20(28)27-22(4,5)15-26-19(23-6)25-14-16-11-12-18(24-13-16)29-17-9-7-8-10-17/h11-13,17H,7-10,14-15H2,1-6H3,(H,27,28)(H2,23,25,26). The van der Waals surface area contributed by atoms with E-state index in [9.17, 15) is 4.79 Å². The number of alkyl carbamates (subject to hydrolysis) is 1. The largest absolute Gasteiger partial charge is 0.474 e. The third-order valence-corrected chi connectivity index (χ3v) is 4.61. The molecule has 30 heavy (non-hydrogen) atoms. The molecule has 0 spiro atoms. The number of rotatable bonds is 7. The molecule has 0 unspecified atom stereocenters. The topological polar surface area (TPSA) is 96.9 Å². The minimum atomic E-state index is -0.531. The van der Waals surface area contributed by atoms with E-state index in [0.717, 1.165) is 18.4 Å². The highest BCUT2D eigenvalue weighted by Gasteiger charge is 2.24. The molecule has 1 aliphatic carbocycles. The molecule has 0 saturated heterocycles. The van der Waals surface area contributed by atoms with Crippen molar-refractivity contribution in [3.8, 4) is 5.88 Å². The van der Waals surface area contributed by atoms with Gasteiger partial charge in [0.25, 0.3) is 0 Å². The van der Waals surface area contributed by atoms with Crippen LogP contribution in [0.5, 0.6) is 5.88 Å². The Morgan fingerprint density at radius 1 is 1.17 bits per heavy atom. The van der Waals surface area contributed by atoms with Crippen LogP contribution < -0.4 is 20.7 Å². The van der Waals surface area contributed by atoms with Gasteiger partial charge in [0, 0.05) is 32.4 Å². The lowest BCUT2D eigenvalue weighted by molar-refractivity contribution is 0.0474. The zero-order chi connectivity index (χ0) is 22.2. The first-order valence-electron chi connectivity index (χ1n) is 10.6. The zero-order valence-electron chi connectivity index (χ0n) is 19.2. The lowest BCUT2D eigenvalue weighted by Gasteiger charge is -2.29. The summed E-state index contributed by atoms with van der Waals surface area (Å²) in [4.78, 5) is 20.7. The molecule has 0 atom stereocenters. The van der Waals surface area contributed by atoms with Gasteiger partial charge in [-0.15, -0.1) is 0 Å². The summed E-state index contributed by atoms with van der Waals surface area (Å²) in [6, 6.07) is 3.92. The Morgan fingerprint density at radius 2 is 1.87 bits per heavy atom. The van der Waals surface area contributed by atoms with Crippen molar-refractivity contribution in [2.75, 3.05) is 13.6 Å². The van der Waals surface area contributed by atoms with Gasteiger partial charge in [0.2, 0.25) is 5.88 Å². The van der Waals surface area contributed by atoms with Crippen LogP contribution in [0, 0.1) is 0 Å². The fourth-order valence-electron chi connectivity index (χ4n) is 3.10. The zero-order valence-corrected chi connectivity index (χ0v) is 19.2. The second kappa shape index (κ2) is 10.5. The van der Waals surface area contributed by atoms with Crippen molar-refractivity contribution in [2.45, 2.75) is 84.1 Å². The highest BCUT2D eigenvalue weighted by molar-refractivity contribution is 5.79. The number of aromatic nitrogens is 1. The van der Waals surface area contributed by atoms with Crippen molar-refractivity contribution in [3.05, 3.63) is 23.9 Å². The van der Waals surface area contributed by atoms with E-state index in [1.54, 1.807) is 7.05 Å². The number of hydrogen-bond acceptors (Lipinski definition) is 5. The number of carbonyl (C=O) groups excluding carboxylic acids is 1. The predicted octanol–water partition coefficient (Wildman–Crippen LogP) is 3.37. The van der Waals surface area contributed by atoms with Gasteiger partial charge in [0.15, 0.2) is 5.96 Å². The first-order chi connectivity index (χ1) is 14.1.